The Morgan fingerprint density at radius 3 is 3.12 bits per heavy atom. The maximum Gasteiger partial charge on any atom is 0.252 e. The van der Waals surface area contributed by atoms with Crippen molar-refractivity contribution in [1.82, 2.24) is 14.9 Å². The van der Waals surface area contributed by atoms with Gasteiger partial charge in [-0.25, -0.2) is 4.98 Å². The molecule has 1 aliphatic rings. The average Bonchev–Trinajstić information content (AvgIpc) is 2.64. The van der Waals surface area contributed by atoms with E-state index in [1.54, 1.807) is 6.07 Å². The Labute approximate surface area is 95.1 Å². The minimum atomic E-state index is -0.0969. The third kappa shape index (κ3) is 2.61. The van der Waals surface area contributed by atoms with E-state index in [1.165, 1.54) is 19.3 Å². The number of likely N-dealkylation sites (tertiary alicyclic amines) is 1. The fourth-order valence-electron chi connectivity index (χ4n) is 2.22. The van der Waals surface area contributed by atoms with Crippen molar-refractivity contribution >= 4 is 5.82 Å². The van der Waals surface area contributed by atoms with Crippen molar-refractivity contribution in [2.24, 2.45) is 5.92 Å². The fraction of sp³-hybridized carbons (Fsp3) is 0.636. The minimum Gasteiger partial charge on any atom is -0.359 e. The first kappa shape index (κ1) is 11.1. The van der Waals surface area contributed by atoms with E-state index in [4.69, 9.17) is 0 Å². The quantitative estimate of drug-likeness (QED) is 0.791. The maximum atomic E-state index is 11.2. The van der Waals surface area contributed by atoms with Gasteiger partial charge in [0, 0.05) is 26.2 Å². The van der Waals surface area contributed by atoms with E-state index in [1.807, 2.05) is 7.05 Å². The Bertz CT molecular complexity index is 403. The van der Waals surface area contributed by atoms with Crippen molar-refractivity contribution in [2.45, 2.75) is 6.42 Å². The van der Waals surface area contributed by atoms with Gasteiger partial charge in [-0.3, -0.25) is 4.79 Å². The van der Waals surface area contributed by atoms with Crippen molar-refractivity contribution in [3.63, 3.8) is 0 Å². The Morgan fingerprint density at radius 1 is 1.69 bits per heavy atom. The van der Waals surface area contributed by atoms with Crippen molar-refractivity contribution in [2.75, 3.05) is 38.6 Å². The molecule has 5 heteroatoms. The van der Waals surface area contributed by atoms with Crippen LogP contribution in [0.25, 0.3) is 0 Å². The van der Waals surface area contributed by atoms with Crippen LogP contribution in [0.15, 0.2) is 17.2 Å². The maximum absolute atomic E-state index is 11.2. The van der Waals surface area contributed by atoms with E-state index in [-0.39, 0.29) is 5.56 Å². The smallest absolute Gasteiger partial charge is 0.252 e. The molecule has 1 aliphatic heterocycles. The highest BCUT2D eigenvalue weighted by Gasteiger charge is 2.21. The predicted molar refractivity (Wildman–Crippen MR) is 63.7 cm³/mol. The van der Waals surface area contributed by atoms with Crippen LogP contribution in [-0.2, 0) is 0 Å². The normalized spacial score (nSPS) is 21.2. The number of nitrogens with one attached hydrogen (secondary N) is 1. The second kappa shape index (κ2) is 4.65. The summed E-state index contributed by atoms with van der Waals surface area (Å²) in [4.78, 5) is 22.2. The average molecular weight is 222 g/mol. The standard InChI is InChI=1S/C11H18N4O/c1-14-4-3-9(6-14)7-15(2)10-5-11(16)13-8-12-10/h5,8-9H,3-4,6-7H2,1-2H3,(H,12,13,16). The Balaban J connectivity index is 1.97. The number of rotatable bonds is 3. The van der Waals surface area contributed by atoms with Crippen LogP contribution >= 0.6 is 0 Å². The molecule has 0 aliphatic carbocycles. The van der Waals surface area contributed by atoms with Gasteiger partial charge in [0.1, 0.15) is 5.82 Å². The number of nitrogens with zero attached hydrogens (tertiary/aromatic N) is 3. The van der Waals surface area contributed by atoms with Gasteiger partial charge in [0.05, 0.1) is 6.33 Å². The van der Waals surface area contributed by atoms with E-state index < -0.39 is 0 Å². The molecule has 1 fully saturated rings. The summed E-state index contributed by atoms with van der Waals surface area (Å²) in [6, 6.07) is 1.54. The van der Waals surface area contributed by atoms with Gasteiger partial charge in [0.15, 0.2) is 0 Å². The summed E-state index contributed by atoms with van der Waals surface area (Å²) in [7, 11) is 4.13. The molecule has 0 spiro atoms. The van der Waals surface area contributed by atoms with Crippen LogP contribution in [0.5, 0.6) is 0 Å². The third-order valence-corrected chi connectivity index (χ3v) is 3.08. The van der Waals surface area contributed by atoms with Gasteiger partial charge in [-0.2, -0.15) is 0 Å². The van der Waals surface area contributed by atoms with Gasteiger partial charge in [0.2, 0.25) is 0 Å². The van der Waals surface area contributed by atoms with E-state index in [9.17, 15) is 4.79 Å². The summed E-state index contributed by atoms with van der Waals surface area (Å²) in [5, 5.41) is 0. The molecule has 0 bridgehead atoms. The van der Waals surface area contributed by atoms with Gasteiger partial charge >= 0.3 is 0 Å². The van der Waals surface area contributed by atoms with Crippen LogP contribution in [0.4, 0.5) is 5.82 Å². The Morgan fingerprint density at radius 2 is 2.50 bits per heavy atom. The van der Waals surface area contributed by atoms with Crippen LogP contribution in [0.3, 0.4) is 0 Å². The van der Waals surface area contributed by atoms with Crippen LogP contribution in [0, 0.1) is 5.92 Å². The Hall–Kier alpha value is -1.36. The molecular formula is C11H18N4O. The molecule has 2 rings (SSSR count). The van der Waals surface area contributed by atoms with Crippen molar-refractivity contribution < 1.29 is 0 Å². The molecule has 1 saturated heterocycles. The summed E-state index contributed by atoms with van der Waals surface area (Å²) in [5.74, 6) is 1.43. The highest BCUT2D eigenvalue weighted by molar-refractivity contribution is 5.35. The lowest BCUT2D eigenvalue weighted by molar-refractivity contribution is 0.395. The van der Waals surface area contributed by atoms with Gasteiger partial charge < -0.3 is 14.8 Å². The molecule has 1 unspecified atom stereocenters. The molecule has 1 aromatic heterocycles. The molecule has 2 heterocycles. The molecule has 16 heavy (non-hydrogen) atoms. The minimum absolute atomic E-state index is 0.0969. The van der Waals surface area contributed by atoms with Crippen LogP contribution < -0.4 is 10.5 Å². The number of hydrogen-bond acceptors (Lipinski definition) is 4. The molecule has 88 valence electrons. The van der Waals surface area contributed by atoms with Crippen LogP contribution in [0.1, 0.15) is 6.42 Å². The lowest BCUT2D eigenvalue weighted by Gasteiger charge is -2.21. The molecule has 0 aromatic carbocycles. The first-order valence-corrected chi connectivity index (χ1v) is 5.59. The van der Waals surface area contributed by atoms with Crippen molar-refractivity contribution in [3.05, 3.63) is 22.7 Å². The number of hydrogen-bond donors (Lipinski definition) is 1. The van der Waals surface area contributed by atoms with E-state index in [2.05, 4.69) is 26.8 Å². The number of aromatic amines is 1. The molecule has 0 saturated carbocycles. The molecule has 1 N–H and O–H groups in total. The summed E-state index contributed by atoms with van der Waals surface area (Å²) in [6.07, 6.45) is 2.68. The summed E-state index contributed by atoms with van der Waals surface area (Å²) < 4.78 is 0. The Kier molecular flexibility index (Phi) is 3.24. The van der Waals surface area contributed by atoms with Crippen molar-refractivity contribution in [3.8, 4) is 0 Å². The highest BCUT2D eigenvalue weighted by Crippen LogP contribution is 2.17. The SMILES string of the molecule is CN1CCC(CN(C)c2cc(=O)[nH]cn2)C1. The molecule has 1 aromatic rings. The highest BCUT2D eigenvalue weighted by atomic mass is 16.1. The molecule has 5 nitrogen and oxygen atoms in total. The van der Waals surface area contributed by atoms with Gasteiger partial charge in [-0.1, -0.05) is 0 Å². The number of anilines is 1. The second-order valence-electron chi connectivity index (χ2n) is 4.57. The number of H-pyrrole nitrogens is 1. The predicted octanol–water partition coefficient (Wildman–Crippen LogP) is 0.158. The van der Waals surface area contributed by atoms with Gasteiger partial charge in [0.25, 0.3) is 5.56 Å². The van der Waals surface area contributed by atoms with E-state index >= 15 is 0 Å². The first-order chi connectivity index (χ1) is 7.65. The topological polar surface area (TPSA) is 52.2 Å². The summed E-state index contributed by atoms with van der Waals surface area (Å²) >= 11 is 0. The summed E-state index contributed by atoms with van der Waals surface area (Å²) in [6.45, 7) is 3.26. The lowest BCUT2D eigenvalue weighted by atomic mass is 10.1. The van der Waals surface area contributed by atoms with Crippen LogP contribution in [0.2, 0.25) is 0 Å². The van der Waals surface area contributed by atoms with Gasteiger partial charge in [-0.05, 0) is 25.9 Å². The summed E-state index contributed by atoms with van der Waals surface area (Å²) in [5.41, 5.74) is -0.0969. The van der Waals surface area contributed by atoms with E-state index in [0.717, 1.165) is 18.9 Å². The van der Waals surface area contributed by atoms with E-state index in [0.29, 0.717) is 5.92 Å². The zero-order chi connectivity index (χ0) is 11.5. The van der Waals surface area contributed by atoms with Crippen LogP contribution in [-0.4, -0.2) is 48.6 Å². The zero-order valence-electron chi connectivity index (χ0n) is 9.81. The third-order valence-electron chi connectivity index (χ3n) is 3.08. The van der Waals surface area contributed by atoms with Gasteiger partial charge in [-0.15, -0.1) is 0 Å². The largest absolute Gasteiger partial charge is 0.359 e. The lowest BCUT2D eigenvalue weighted by Crippen LogP contribution is -2.28. The monoisotopic (exact) mass is 222 g/mol. The number of aromatic nitrogens is 2. The molecule has 0 radical (unpaired) electrons. The molecular weight excluding hydrogens is 204 g/mol. The first-order valence-electron chi connectivity index (χ1n) is 5.59. The fourth-order valence-corrected chi connectivity index (χ4v) is 2.22. The second-order valence-corrected chi connectivity index (χ2v) is 4.57. The molecule has 1 atom stereocenters. The zero-order valence-corrected chi connectivity index (χ0v) is 9.81. The van der Waals surface area contributed by atoms with Crippen molar-refractivity contribution in [1.29, 1.82) is 0 Å². The molecule has 0 amide bonds.